The van der Waals surface area contributed by atoms with Crippen molar-refractivity contribution in [1.29, 1.82) is 0 Å². The molecule has 60 heavy (non-hydrogen) atoms. The molecule has 17 atom stereocenters. The van der Waals surface area contributed by atoms with E-state index in [2.05, 4.69) is 11.1 Å². The molecule has 4 heterocycles. The van der Waals surface area contributed by atoms with Crippen molar-refractivity contribution in [2.75, 3.05) is 0 Å². The molecule has 3 saturated heterocycles. The van der Waals surface area contributed by atoms with Crippen molar-refractivity contribution in [1.82, 2.24) is 4.98 Å². The Morgan fingerprint density at radius 2 is 1.53 bits per heavy atom. The minimum Gasteiger partial charge on any atom is -0.459 e. The summed E-state index contributed by atoms with van der Waals surface area (Å²) < 4.78 is 31.9. The Hall–Kier alpha value is -2.59. The maximum absolute atomic E-state index is 14.6. The molecule has 0 amide bonds. The summed E-state index contributed by atoms with van der Waals surface area (Å²) in [6, 6.07) is 9.97. The molecule has 2 aromatic rings. The highest BCUT2D eigenvalue weighted by molar-refractivity contribution is 5.83. The largest absolute Gasteiger partial charge is 0.459 e. The summed E-state index contributed by atoms with van der Waals surface area (Å²) in [5.74, 6) is -5.10. The number of ether oxygens (including phenoxy) is 5. The van der Waals surface area contributed by atoms with Crippen LogP contribution in [0.1, 0.15) is 120 Å². The van der Waals surface area contributed by atoms with Gasteiger partial charge in [-0.3, -0.25) is 14.6 Å². The zero-order valence-electron chi connectivity index (χ0n) is 37.6. The number of benzene rings is 1. The van der Waals surface area contributed by atoms with Crippen LogP contribution in [0, 0.1) is 35.0 Å². The second-order valence-electron chi connectivity index (χ2n) is 19.8. The molecule has 3 aliphatic rings. The molecule has 5 N–H and O–H groups in total. The number of unbranched alkanes of at least 4 members (excludes halogenated alkanes) is 1. The number of nitrogens with zero attached hydrogens (tertiary/aromatic N) is 1. The van der Waals surface area contributed by atoms with Crippen LogP contribution in [0.15, 0.2) is 36.5 Å². The van der Waals surface area contributed by atoms with Crippen LogP contribution in [-0.4, -0.2) is 115 Å². The van der Waals surface area contributed by atoms with Gasteiger partial charge in [0, 0.05) is 35.8 Å². The molecule has 3 aliphatic heterocycles. The zero-order chi connectivity index (χ0) is 44.5. The van der Waals surface area contributed by atoms with Crippen molar-refractivity contribution in [2.24, 2.45) is 35.0 Å². The fraction of sp³-hybridized carbons (Fsp3) is 0.766. The number of fused-ring (bicyclic) bond motifs is 1. The summed E-state index contributed by atoms with van der Waals surface area (Å²) in [6.07, 6.45) is -5.10. The molecule has 1 aromatic heterocycles. The van der Waals surface area contributed by atoms with E-state index >= 15 is 0 Å². The highest BCUT2D eigenvalue weighted by Gasteiger charge is 2.53. The van der Waals surface area contributed by atoms with Crippen LogP contribution in [0.2, 0.25) is 0 Å². The van der Waals surface area contributed by atoms with E-state index in [1.165, 1.54) is 13.8 Å². The summed E-state index contributed by atoms with van der Waals surface area (Å²) in [6.45, 7) is 18.9. The van der Waals surface area contributed by atoms with Gasteiger partial charge in [0.15, 0.2) is 12.6 Å². The number of rotatable bonds is 9. The van der Waals surface area contributed by atoms with Gasteiger partial charge in [-0.05, 0) is 102 Å². The van der Waals surface area contributed by atoms with E-state index in [1.807, 2.05) is 58.2 Å². The molecule has 3 fully saturated rings. The number of aromatic nitrogens is 1. The summed E-state index contributed by atoms with van der Waals surface area (Å²) in [4.78, 5) is 33.3. The van der Waals surface area contributed by atoms with E-state index < -0.39 is 107 Å². The van der Waals surface area contributed by atoms with E-state index in [4.69, 9.17) is 23.7 Å². The molecule has 0 spiro atoms. The summed E-state index contributed by atoms with van der Waals surface area (Å²) in [5, 5.41) is 59.7. The standard InChI is InChI=1S/C47H73NO12/c1-25-20-27(3)56-44(38(25)50)60-42-29(5)39(59-36-23-45(8,9)41(52)31(7)57-36)30(6)43(53)58-35(19-15-12-16-32-21-33-17-13-14-18-34(33)48-24-32)47(11,55)40(51)28(4)37(49)26(2)22-46(42,10)54/h13-14,17-18,21,24-31,35-36,38-42,44,50-52,54-55H,12,15-16,19-20,22-23H2,1-11H3/t25?,26-,27?,28+,29+,30-,31?,35-,36?,38?,39+,40-,41?,42-,44?,46-,47-/m1/s1. The Balaban J connectivity index is 1.50. The van der Waals surface area contributed by atoms with Crippen molar-refractivity contribution in [3.8, 4) is 0 Å². The Labute approximate surface area is 356 Å². The lowest BCUT2D eigenvalue weighted by atomic mass is 9.73. The number of aliphatic hydroxyl groups excluding tert-OH is 3. The lowest BCUT2D eigenvalue weighted by Gasteiger charge is -2.48. The molecule has 0 bridgehead atoms. The second-order valence-corrected chi connectivity index (χ2v) is 19.8. The van der Waals surface area contributed by atoms with Gasteiger partial charge in [0.25, 0.3) is 0 Å². The van der Waals surface area contributed by atoms with E-state index in [9.17, 15) is 35.1 Å². The monoisotopic (exact) mass is 844 g/mol. The van der Waals surface area contributed by atoms with E-state index in [1.54, 1.807) is 34.6 Å². The molecule has 13 nitrogen and oxygen atoms in total. The number of aryl methyl sites for hydroxylation is 1. The second kappa shape index (κ2) is 19.4. The number of para-hydroxylation sites is 1. The fourth-order valence-electron chi connectivity index (χ4n) is 9.96. The number of carbonyl (C=O) groups excluding carboxylic acids is 2. The van der Waals surface area contributed by atoms with Crippen molar-refractivity contribution in [2.45, 2.75) is 194 Å². The van der Waals surface area contributed by atoms with Gasteiger partial charge in [0.1, 0.15) is 23.6 Å². The minimum atomic E-state index is -2.04. The number of aliphatic hydroxyl groups is 5. The van der Waals surface area contributed by atoms with Crippen LogP contribution in [0.25, 0.3) is 10.9 Å². The Morgan fingerprint density at radius 3 is 2.22 bits per heavy atom. The Morgan fingerprint density at radius 1 is 0.850 bits per heavy atom. The van der Waals surface area contributed by atoms with Gasteiger partial charge in [-0.2, -0.15) is 0 Å². The molecule has 1 aromatic carbocycles. The fourth-order valence-corrected chi connectivity index (χ4v) is 9.96. The van der Waals surface area contributed by atoms with Gasteiger partial charge >= 0.3 is 5.97 Å². The number of hydrogen-bond donors (Lipinski definition) is 5. The third-order valence-electron chi connectivity index (χ3n) is 13.8. The van der Waals surface area contributed by atoms with E-state index in [0.717, 1.165) is 16.5 Å². The van der Waals surface area contributed by atoms with Gasteiger partial charge in [-0.25, -0.2) is 0 Å². The van der Waals surface area contributed by atoms with E-state index in [0.29, 0.717) is 25.7 Å². The van der Waals surface area contributed by atoms with Crippen LogP contribution < -0.4 is 0 Å². The van der Waals surface area contributed by atoms with Gasteiger partial charge in [-0.1, -0.05) is 59.7 Å². The predicted octanol–water partition coefficient (Wildman–Crippen LogP) is 5.66. The average molecular weight is 844 g/mol. The van der Waals surface area contributed by atoms with Crippen molar-refractivity contribution < 1.29 is 58.8 Å². The normalized spacial score (nSPS) is 42.4. The molecular formula is C47H73NO12. The first-order valence-electron chi connectivity index (χ1n) is 22.1. The zero-order valence-corrected chi connectivity index (χ0v) is 37.6. The molecule has 13 heteroatoms. The molecular weight excluding hydrogens is 771 g/mol. The average Bonchev–Trinajstić information content (AvgIpc) is 3.18. The third kappa shape index (κ3) is 10.9. The highest BCUT2D eigenvalue weighted by atomic mass is 16.7. The van der Waals surface area contributed by atoms with E-state index in [-0.39, 0.29) is 31.3 Å². The lowest BCUT2D eigenvalue weighted by molar-refractivity contribution is -0.312. The van der Waals surface area contributed by atoms with Crippen molar-refractivity contribution >= 4 is 22.7 Å². The van der Waals surface area contributed by atoms with Gasteiger partial charge in [0.2, 0.25) is 0 Å². The maximum Gasteiger partial charge on any atom is 0.311 e. The summed E-state index contributed by atoms with van der Waals surface area (Å²) >= 11 is 0. The summed E-state index contributed by atoms with van der Waals surface area (Å²) in [7, 11) is 0. The van der Waals surface area contributed by atoms with Crippen LogP contribution in [0.4, 0.5) is 0 Å². The smallest absolute Gasteiger partial charge is 0.311 e. The van der Waals surface area contributed by atoms with Gasteiger partial charge in [0.05, 0.1) is 53.7 Å². The van der Waals surface area contributed by atoms with Crippen molar-refractivity contribution in [3.63, 3.8) is 0 Å². The topological polar surface area (TPSA) is 194 Å². The third-order valence-corrected chi connectivity index (χ3v) is 13.8. The number of hydrogen-bond acceptors (Lipinski definition) is 13. The van der Waals surface area contributed by atoms with Crippen LogP contribution in [0.5, 0.6) is 0 Å². The molecule has 5 rings (SSSR count). The first-order chi connectivity index (χ1) is 27.9. The molecule has 338 valence electrons. The molecule has 0 saturated carbocycles. The summed E-state index contributed by atoms with van der Waals surface area (Å²) in [5.41, 5.74) is -2.49. The number of Topliss-reactive ketones (excluding diaryl/α,β-unsaturated/α-hetero) is 1. The lowest BCUT2D eigenvalue weighted by Crippen LogP contribution is -2.59. The first-order valence-corrected chi connectivity index (χ1v) is 22.1. The molecule has 0 aliphatic carbocycles. The van der Waals surface area contributed by atoms with Crippen LogP contribution >= 0.6 is 0 Å². The van der Waals surface area contributed by atoms with Crippen LogP contribution in [0.3, 0.4) is 0 Å². The maximum atomic E-state index is 14.6. The highest BCUT2D eigenvalue weighted by Crippen LogP contribution is 2.42. The SMILES string of the molecule is CC1CC(C)C(O)C(O[C@@H]2[C@@H](C)[C@H](OC3CC(C)(C)C(O)C(C)O3)[C@@H](C)C(=O)O[C@H](CCCCc3cnc4ccccc4c3)[C@@](C)(O)[C@H](O)[C@@H](C)C(=O)[C@H](C)C[C@@]2(C)O)O1. The number of esters is 1. The Kier molecular flexibility index (Phi) is 15.7. The quantitative estimate of drug-likeness (QED) is 0.153. The number of ketones is 1. The number of pyridine rings is 1. The van der Waals surface area contributed by atoms with Gasteiger partial charge < -0.3 is 49.2 Å². The van der Waals surface area contributed by atoms with Crippen LogP contribution in [-0.2, 0) is 39.7 Å². The molecule has 7 unspecified atom stereocenters. The predicted molar refractivity (Wildman–Crippen MR) is 225 cm³/mol. The first kappa shape index (κ1) is 48.4. The Bertz CT molecular complexity index is 1750. The molecule has 0 radical (unpaired) electrons. The number of carbonyl (C=O) groups is 2. The minimum absolute atomic E-state index is 0.122. The number of cyclic esters (lactones) is 1. The van der Waals surface area contributed by atoms with Gasteiger partial charge in [-0.15, -0.1) is 0 Å². The van der Waals surface area contributed by atoms with Crippen molar-refractivity contribution in [3.05, 3.63) is 42.1 Å².